The van der Waals surface area contributed by atoms with E-state index < -0.39 is 5.97 Å². The first-order valence-corrected chi connectivity index (χ1v) is 13.9. The molecule has 0 atom stereocenters. The van der Waals surface area contributed by atoms with Crippen molar-refractivity contribution < 1.29 is 56.9 Å². The lowest BCUT2D eigenvalue weighted by atomic mass is 10.4. The van der Waals surface area contributed by atoms with Crippen LogP contribution in [0.3, 0.4) is 0 Å². The fourth-order valence-corrected chi connectivity index (χ4v) is 2.59. The summed E-state index contributed by atoms with van der Waals surface area (Å²) in [6.07, 6.45) is 3.35. The molecule has 0 aliphatic heterocycles. The van der Waals surface area contributed by atoms with Gasteiger partial charge in [-0.1, -0.05) is 19.9 Å². The summed E-state index contributed by atoms with van der Waals surface area (Å²) in [5.41, 5.74) is 0. The van der Waals surface area contributed by atoms with Crippen LogP contribution in [0.25, 0.3) is 0 Å². The Bertz CT molecular complexity index is 495. The summed E-state index contributed by atoms with van der Waals surface area (Å²) in [5, 5.41) is 0. The Kier molecular flexibility index (Phi) is 33.8. The molecule has 0 N–H and O–H groups in total. The fourth-order valence-electron chi connectivity index (χ4n) is 2.59. The van der Waals surface area contributed by atoms with E-state index >= 15 is 0 Å². The summed E-state index contributed by atoms with van der Waals surface area (Å²) in [6.45, 7) is 16.1. The Morgan fingerprint density at radius 1 is 0.436 bits per heavy atom. The molecule has 0 aliphatic rings. The van der Waals surface area contributed by atoms with Crippen LogP contribution in [0.1, 0.15) is 19.8 Å². The number of carbonyl (C=O) groups is 1. The van der Waals surface area contributed by atoms with E-state index in [1.54, 1.807) is 0 Å². The summed E-state index contributed by atoms with van der Waals surface area (Å²) in [5.74, 6) is -0.457. The van der Waals surface area contributed by atoms with Crippen LogP contribution in [-0.4, -0.2) is 145 Å². The van der Waals surface area contributed by atoms with Crippen LogP contribution in [0.5, 0.6) is 0 Å². The van der Waals surface area contributed by atoms with Gasteiger partial charge in [0.2, 0.25) is 0 Å². The van der Waals surface area contributed by atoms with E-state index in [9.17, 15) is 4.79 Å². The third-order valence-corrected chi connectivity index (χ3v) is 4.63. The lowest BCUT2D eigenvalue weighted by Gasteiger charge is -2.09. The molecular weight excluding hydrogens is 516 g/mol. The Hall–Kier alpha value is -1.19. The third kappa shape index (κ3) is 34.8. The Morgan fingerprint density at radius 3 is 0.897 bits per heavy atom. The van der Waals surface area contributed by atoms with Gasteiger partial charge < -0.3 is 52.1 Å². The molecule has 0 rings (SSSR count). The molecule has 0 aromatic heterocycles. The topological polar surface area (TPSA) is 119 Å². The number of carbonyl (C=O) groups excluding carboxylic acids is 1. The van der Waals surface area contributed by atoms with Crippen LogP contribution in [0, 0.1) is 0 Å². The van der Waals surface area contributed by atoms with Gasteiger partial charge in [0.1, 0.15) is 6.61 Å². The SMILES string of the molecule is C=CC(=O)OCCOCCOCCOCCOCCOCCOCCOCCOCCOCCOCCCC. The highest BCUT2D eigenvalue weighted by atomic mass is 16.6. The van der Waals surface area contributed by atoms with Gasteiger partial charge in [-0.15, -0.1) is 0 Å². The first-order chi connectivity index (χ1) is 19.3. The molecule has 0 saturated heterocycles. The van der Waals surface area contributed by atoms with Crippen molar-refractivity contribution in [2.75, 3.05) is 139 Å². The van der Waals surface area contributed by atoms with Gasteiger partial charge in [0.25, 0.3) is 0 Å². The van der Waals surface area contributed by atoms with Crippen molar-refractivity contribution in [3.63, 3.8) is 0 Å². The zero-order valence-electron chi connectivity index (χ0n) is 23.9. The van der Waals surface area contributed by atoms with Gasteiger partial charge in [0.15, 0.2) is 0 Å². The summed E-state index contributed by atoms with van der Waals surface area (Å²) >= 11 is 0. The number of unbranched alkanes of at least 4 members (excludes halogenated alkanes) is 1. The van der Waals surface area contributed by atoms with Crippen LogP contribution in [0.4, 0.5) is 0 Å². The zero-order chi connectivity index (χ0) is 28.3. The molecule has 0 aliphatic carbocycles. The molecule has 0 aromatic carbocycles. The van der Waals surface area contributed by atoms with Gasteiger partial charge in [-0.25, -0.2) is 4.79 Å². The summed E-state index contributed by atoms with van der Waals surface area (Å²) in [7, 11) is 0. The highest BCUT2D eigenvalue weighted by molar-refractivity contribution is 5.81. The van der Waals surface area contributed by atoms with Crippen molar-refractivity contribution in [1.29, 1.82) is 0 Å². The van der Waals surface area contributed by atoms with Crippen LogP contribution in [-0.2, 0) is 56.9 Å². The van der Waals surface area contributed by atoms with Gasteiger partial charge in [-0.05, 0) is 6.42 Å². The molecule has 0 radical (unpaired) electrons. The molecule has 0 fully saturated rings. The Morgan fingerprint density at radius 2 is 0.667 bits per heavy atom. The second kappa shape index (κ2) is 34.8. The van der Waals surface area contributed by atoms with Crippen molar-refractivity contribution >= 4 is 5.97 Å². The van der Waals surface area contributed by atoms with Crippen LogP contribution < -0.4 is 0 Å². The lowest BCUT2D eigenvalue weighted by Crippen LogP contribution is -2.15. The maximum atomic E-state index is 10.8. The molecule has 0 heterocycles. The van der Waals surface area contributed by atoms with Crippen molar-refractivity contribution in [2.45, 2.75) is 19.8 Å². The molecule has 39 heavy (non-hydrogen) atoms. The van der Waals surface area contributed by atoms with Gasteiger partial charge in [0.05, 0.1) is 126 Å². The summed E-state index contributed by atoms with van der Waals surface area (Å²) in [4.78, 5) is 10.8. The largest absolute Gasteiger partial charge is 0.460 e. The molecule has 12 heteroatoms. The average molecular weight is 569 g/mol. The molecule has 0 unspecified atom stereocenters. The highest BCUT2D eigenvalue weighted by Crippen LogP contribution is 1.89. The second-order valence-corrected chi connectivity index (χ2v) is 7.85. The normalized spacial score (nSPS) is 11.2. The molecule has 0 saturated carbocycles. The lowest BCUT2D eigenvalue weighted by molar-refractivity contribution is -0.139. The van der Waals surface area contributed by atoms with Gasteiger partial charge >= 0.3 is 5.97 Å². The van der Waals surface area contributed by atoms with E-state index in [2.05, 4.69) is 13.5 Å². The van der Waals surface area contributed by atoms with E-state index in [0.29, 0.717) is 126 Å². The van der Waals surface area contributed by atoms with E-state index in [1.807, 2.05) is 0 Å². The Balaban J connectivity index is 3.04. The van der Waals surface area contributed by atoms with Crippen molar-refractivity contribution in [2.24, 2.45) is 0 Å². The van der Waals surface area contributed by atoms with Gasteiger partial charge in [0, 0.05) is 12.7 Å². The minimum absolute atomic E-state index is 0.202. The highest BCUT2D eigenvalue weighted by Gasteiger charge is 1.97. The standard InChI is InChI=1S/C27H52O12/c1-3-5-6-29-7-8-30-9-10-31-11-12-32-13-14-33-15-16-34-17-18-35-19-20-36-21-22-37-23-24-38-25-26-39-27(28)4-2/h4H,2-3,5-26H2,1H3. The van der Waals surface area contributed by atoms with Crippen LogP contribution in [0.15, 0.2) is 12.7 Å². The third-order valence-electron chi connectivity index (χ3n) is 4.63. The molecule has 232 valence electrons. The molecule has 0 bridgehead atoms. The first-order valence-electron chi connectivity index (χ1n) is 13.9. The fraction of sp³-hybridized carbons (Fsp3) is 0.889. The average Bonchev–Trinajstić information content (AvgIpc) is 2.95. The molecule has 12 nitrogen and oxygen atoms in total. The number of esters is 1. The summed E-state index contributed by atoms with van der Waals surface area (Å²) < 4.78 is 58.9. The van der Waals surface area contributed by atoms with Crippen LogP contribution in [0.2, 0.25) is 0 Å². The van der Waals surface area contributed by atoms with Gasteiger partial charge in [-0.2, -0.15) is 0 Å². The minimum atomic E-state index is -0.457. The maximum absolute atomic E-state index is 10.8. The second-order valence-electron chi connectivity index (χ2n) is 7.85. The maximum Gasteiger partial charge on any atom is 0.330 e. The predicted octanol–water partition coefficient (Wildman–Crippen LogP) is 1.68. The minimum Gasteiger partial charge on any atom is -0.460 e. The molecular formula is C27H52O12. The number of hydrogen-bond donors (Lipinski definition) is 0. The van der Waals surface area contributed by atoms with Crippen LogP contribution >= 0.6 is 0 Å². The van der Waals surface area contributed by atoms with Crippen molar-refractivity contribution in [3.05, 3.63) is 12.7 Å². The summed E-state index contributed by atoms with van der Waals surface area (Å²) in [6, 6.07) is 0. The number of hydrogen-bond acceptors (Lipinski definition) is 12. The van der Waals surface area contributed by atoms with E-state index in [0.717, 1.165) is 25.5 Å². The monoisotopic (exact) mass is 568 g/mol. The van der Waals surface area contributed by atoms with Crippen molar-refractivity contribution in [1.82, 2.24) is 0 Å². The molecule has 0 spiro atoms. The number of rotatable bonds is 34. The number of ether oxygens (including phenoxy) is 11. The first kappa shape index (κ1) is 37.8. The van der Waals surface area contributed by atoms with E-state index in [-0.39, 0.29) is 6.61 Å². The quantitative estimate of drug-likeness (QED) is 0.0638. The Labute approximate surface area is 234 Å². The van der Waals surface area contributed by atoms with Crippen molar-refractivity contribution in [3.8, 4) is 0 Å². The molecule has 0 amide bonds. The zero-order valence-corrected chi connectivity index (χ0v) is 23.9. The predicted molar refractivity (Wildman–Crippen MR) is 144 cm³/mol. The smallest absolute Gasteiger partial charge is 0.330 e. The van der Waals surface area contributed by atoms with E-state index in [1.165, 1.54) is 0 Å². The van der Waals surface area contributed by atoms with Gasteiger partial charge in [-0.3, -0.25) is 0 Å². The van der Waals surface area contributed by atoms with E-state index in [4.69, 9.17) is 52.1 Å². The molecule has 0 aromatic rings.